The Morgan fingerprint density at radius 1 is 1.04 bits per heavy atom. The maximum atomic E-state index is 13.9. The van der Waals surface area contributed by atoms with Crippen LogP contribution < -0.4 is 10.5 Å². The van der Waals surface area contributed by atoms with Crippen molar-refractivity contribution in [1.82, 2.24) is 9.97 Å². The van der Waals surface area contributed by atoms with Crippen molar-refractivity contribution in [2.45, 2.75) is 85.0 Å². The van der Waals surface area contributed by atoms with Gasteiger partial charge in [-0.2, -0.15) is 0 Å². The highest BCUT2D eigenvalue weighted by atomic mass is 16.4. The Morgan fingerprint density at radius 3 is 2.35 bits per heavy atom. The molecule has 1 fully saturated rings. The Bertz CT molecular complexity index is 1690. The smallest absolute Gasteiger partial charge is 0.306 e. The number of carboxylic acid groups (broad SMARTS) is 1. The van der Waals surface area contributed by atoms with Crippen LogP contribution in [0.2, 0.25) is 0 Å². The second kappa shape index (κ2) is 15.4. The highest BCUT2D eigenvalue weighted by molar-refractivity contribution is 6.02. The number of benzene rings is 1. The zero-order chi connectivity index (χ0) is 34.4. The average Bonchev–Trinajstić information content (AvgIpc) is 3.49. The summed E-state index contributed by atoms with van der Waals surface area (Å²) in [6, 6.07) is 14.0. The normalized spacial score (nSPS) is 20.8. The maximum absolute atomic E-state index is 13.9. The van der Waals surface area contributed by atoms with Crippen molar-refractivity contribution in [3.8, 4) is 11.1 Å². The molecule has 0 radical (unpaired) electrons. The predicted octanol–water partition coefficient (Wildman–Crippen LogP) is 5.25. The fourth-order valence-corrected chi connectivity index (χ4v) is 7.51. The van der Waals surface area contributed by atoms with E-state index in [2.05, 4.69) is 62.2 Å². The molecule has 0 amide bonds. The molecule has 2 aromatic heterocycles. The van der Waals surface area contributed by atoms with E-state index in [0.29, 0.717) is 31.6 Å². The molecule has 3 N–H and O–H groups in total. The van der Waals surface area contributed by atoms with Crippen LogP contribution in [-0.2, 0) is 33.6 Å². The number of aldehydes is 1. The molecular formula is C40H50N3O5+. The monoisotopic (exact) mass is 652 g/mol. The number of aryl methyl sites for hydroxylation is 1. The van der Waals surface area contributed by atoms with E-state index in [1.165, 1.54) is 35.6 Å². The molecule has 0 unspecified atom stereocenters. The third-order valence-electron chi connectivity index (χ3n) is 10.6. The van der Waals surface area contributed by atoms with Crippen LogP contribution in [0.1, 0.15) is 93.8 Å². The number of Topliss-reactive ketones (excluding diaryl/α,β-unsaturated/α-hetero) is 1. The molecular weight excluding hydrogens is 602 g/mol. The largest absolute Gasteiger partial charge is 0.481 e. The van der Waals surface area contributed by atoms with Gasteiger partial charge in [0.2, 0.25) is 5.56 Å². The first kappa shape index (κ1) is 35.1. The number of likely N-dealkylation sites (tertiary alicyclic amines) is 1. The number of carboxylic acids is 1. The van der Waals surface area contributed by atoms with Crippen LogP contribution in [0.25, 0.3) is 17.2 Å². The molecule has 254 valence electrons. The lowest BCUT2D eigenvalue weighted by Gasteiger charge is -2.34. The van der Waals surface area contributed by atoms with Gasteiger partial charge in [-0.25, -0.2) is 0 Å². The van der Waals surface area contributed by atoms with Gasteiger partial charge in [0, 0.05) is 55.6 Å². The first-order chi connectivity index (χ1) is 22.9. The van der Waals surface area contributed by atoms with E-state index >= 15 is 0 Å². The Kier molecular flexibility index (Phi) is 11.3. The number of nitrogens with zero attached hydrogens (tertiary/aromatic N) is 1. The highest BCUT2D eigenvalue weighted by Gasteiger charge is 2.32. The molecule has 2 atom stereocenters. The second-order valence-electron chi connectivity index (χ2n) is 14.8. The fourth-order valence-electron chi connectivity index (χ4n) is 7.51. The summed E-state index contributed by atoms with van der Waals surface area (Å²) < 4.78 is 0. The molecule has 6 rings (SSSR count). The lowest BCUT2D eigenvalue weighted by molar-refractivity contribution is -0.906. The molecule has 2 aliphatic carbocycles. The molecule has 3 aliphatic rings. The topological polar surface area (TPSA) is 122 Å². The van der Waals surface area contributed by atoms with Crippen LogP contribution >= 0.6 is 0 Å². The lowest BCUT2D eigenvalue weighted by Crippen LogP contribution is -3.13. The molecule has 0 saturated carbocycles. The number of fused-ring (bicyclic) bond motifs is 2. The number of carbonyl (C=O) groups excluding carboxylic acids is 2. The Balaban J connectivity index is 0.00000145. The Labute approximate surface area is 283 Å². The molecule has 8 nitrogen and oxygen atoms in total. The van der Waals surface area contributed by atoms with Crippen molar-refractivity contribution in [2.24, 2.45) is 17.3 Å². The van der Waals surface area contributed by atoms with E-state index in [0.717, 1.165) is 78.7 Å². The summed E-state index contributed by atoms with van der Waals surface area (Å²) in [4.78, 5) is 54.9. The summed E-state index contributed by atoms with van der Waals surface area (Å²) in [5.74, 6) is -0.0286. The second-order valence-corrected chi connectivity index (χ2v) is 14.8. The number of aromatic amines is 1. The van der Waals surface area contributed by atoms with Crippen molar-refractivity contribution < 1.29 is 24.4 Å². The summed E-state index contributed by atoms with van der Waals surface area (Å²) in [6.07, 6.45) is 11.1. The van der Waals surface area contributed by atoms with Crippen LogP contribution in [0.15, 0.2) is 59.0 Å². The van der Waals surface area contributed by atoms with E-state index in [1.54, 1.807) is 6.20 Å². The molecule has 3 heterocycles. The molecule has 1 saturated heterocycles. The van der Waals surface area contributed by atoms with E-state index in [-0.39, 0.29) is 28.6 Å². The van der Waals surface area contributed by atoms with Gasteiger partial charge in [-0.1, -0.05) is 45.0 Å². The quantitative estimate of drug-likeness (QED) is 0.272. The van der Waals surface area contributed by atoms with Gasteiger partial charge in [0.25, 0.3) is 0 Å². The van der Waals surface area contributed by atoms with Gasteiger partial charge in [-0.3, -0.25) is 19.4 Å². The van der Waals surface area contributed by atoms with Crippen LogP contribution in [0, 0.1) is 17.3 Å². The number of pyridine rings is 2. The van der Waals surface area contributed by atoms with Crippen LogP contribution in [0.5, 0.6) is 0 Å². The number of carbonyl (C=O) groups is 3. The van der Waals surface area contributed by atoms with Gasteiger partial charge in [0.05, 0.1) is 31.2 Å². The predicted molar refractivity (Wildman–Crippen MR) is 188 cm³/mol. The number of hydrogen-bond acceptors (Lipinski definition) is 5. The van der Waals surface area contributed by atoms with E-state index < -0.39 is 5.97 Å². The number of hydrogen-bond donors (Lipinski definition) is 3. The summed E-state index contributed by atoms with van der Waals surface area (Å²) >= 11 is 0. The number of aliphatic carboxylic acids is 1. The summed E-state index contributed by atoms with van der Waals surface area (Å²) in [6.45, 7) is 11.0. The number of aromatic nitrogens is 2. The van der Waals surface area contributed by atoms with Gasteiger partial charge in [-0.15, -0.1) is 0 Å². The first-order valence-corrected chi connectivity index (χ1v) is 17.5. The molecule has 1 aromatic carbocycles. The van der Waals surface area contributed by atoms with E-state index in [1.807, 2.05) is 6.07 Å². The molecule has 1 aliphatic heterocycles. The van der Waals surface area contributed by atoms with Crippen LogP contribution in [0.3, 0.4) is 0 Å². The summed E-state index contributed by atoms with van der Waals surface area (Å²) in [7, 11) is 0. The molecule has 0 bridgehead atoms. The van der Waals surface area contributed by atoms with Crippen LogP contribution in [-0.4, -0.2) is 52.7 Å². The minimum absolute atomic E-state index is 0.0603. The van der Waals surface area contributed by atoms with Crippen molar-refractivity contribution in [2.75, 3.05) is 19.6 Å². The van der Waals surface area contributed by atoms with Gasteiger partial charge >= 0.3 is 5.97 Å². The van der Waals surface area contributed by atoms with Gasteiger partial charge in [0.1, 0.15) is 6.29 Å². The van der Waals surface area contributed by atoms with Crippen molar-refractivity contribution in [3.05, 3.63) is 92.7 Å². The number of piperidine rings is 1. The minimum atomic E-state index is -0.685. The van der Waals surface area contributed by atoms with Gasteiger partial charge < -0.3 is 19.8 Å². The zero-order valence-corrected chi connectivity index (χ0v) is 28.8. The van der Waals surface area contributed by atoms with E-state index in [4.69, 9.17) is 9.78 Å². The summed E-state index contributed by atoms with van der Waals surface area (Å²) in [5, 5.41) is 9.41. The van der Waals surface area contributed by atoms with Crippen LogP contribution in [0.4, 0.5) is 0 Å². The van der Waals surface area contributed by atoms with Crippen molar-refractivity contribution in [3.63, 3.8) is 0 Å². The third-order valence-corrected chi connectivity index (χ3v) is 10.6. The van der Waals surface area contributed by atoms with Gasteiger partial charge in [-0.05, 0) is 89.5 Å². The number of H-pyrrole nitrogens is 1. The first-order valence-electron chi connectivity index (χ1n) is 17.5. The van der Waals surface area contributed by atoms with E-state index in [9.17, 15) is 19.5 Å². The minimum Gasteiger partial charge on any atom is -0.481 e. The number of rotatable bonds is 9. The molecule has 48 heavy (non-hydrogen) atoms. The third kappa shape index (κ3) is 8.64. The number of ketones is 1. The summed E-state index contributed by atoms with van der Waals surface area (Å²) in [5.41, 5.74) is 8.80. The number of allylic oxidation sites excluding steroid dienone is 1. The van der Waals surface area contributed by atoms with Crippen molar-refractivity contribution >= 4 is 24.1 Å². The Morgan fingerprint density at radius 2 is 1.73 bits per heavy atom. The SMILES string of the molecule is CC(C)(C)[C@H]1CCc2nc3c(cc2C1)C=C(C(=O)C[C@H](CC[NH+]1CCC(C(=O)O)CC1)c1ccc(-c2ccc(=O)[nH]c2)cc1)C3.CC=O. The van der Waals surface area contributed by atoms with Gasteiger partial charge in [0.15, 0.2) is 5.78 Å². The average molecular weight is 653 g/mol. The number of nitrogens with one attached hydrogen (secondary N) is 2. The van der Waals surface area contributed by atoms with Crippen molar-refractivity contribution in [1.29, 1.82) is 0 Å². The highest BCUT2D eigenvalue weighted by Crippen LogP contribution is 2.39. The zero-order valence-electron chi connectivity index (χ0n) is 28.8. The fraction of sp³-hybridized carbons (Fsp3) is 0.475. The number of quaternary nitrogens is 1. The molecule has 0 spiro atoms. The molecule has 3 aromatic rings. The standard InChI is InChI=1S/C38H45N3O4.C2H4O/c1-38(2,3)32-9-10-33-30(20-32)18-29-19-31(21-34(29)40-33)35(42)22-27(14-17-41-15-12-26(13-16-41)37(44)45)24-4-6-25(7-5-24)28-8-11-36(43)39-23-28;1-2-3/h4-8,11,18-19,23,26-27,32H,9-10,12-17,20-22H2,1-3H3,(H,39,43)(H,44,45);2H,1H3/p+1/t27-,32-;/m0./s1. The maximum Gasteiger partial charge on any atom is 0.306 e. The Hall–Kier alpha value is -4.17. The lowest BCUT2D eigenvalue weighted by atomic mass is 9.71. The molecule has 8 heteroatoms.